The van der Waals surface area contributed by atoms with E-state index in [-0.39, 0.29) is 11.8 Å². The van der Waals surface area contributed by atoms with Crippen LogP contribution in [-0.2, 0) is 0 Å². The van der Waals surface area contributed by atoms with Crippen molar-refractivity contribution < 1.29 is 0 Å². The van der Waals surface area contributed by atoms with Gasteiger partial charge >= 0.3 is 0 Å². The van der Waals surface area contributed by atoms with Crippen molar-refractivity contribution >= 4 is 0 Å². The van der Waals surface area contributed by atoms with Crippen LogP contribution < -0.4 is 0 Å². The van der Waals surface area contributed by atoms with Crippen molar-refractivity contribution in [1.82, 2.24) is 0 Å². The highest BCUT2D eigenvalue weighted by molar-refractivity contribution is 5.83. The predicted molar refractivity (Wildman–Crippen MR) is 172 cm³/mol. The summed E-state index contributed by atoms with van der Waals surface area (Å²) in [7, 11) is 0. The van der Waals surface area contributed by atoms with Crippen molar-refractivity contribution in [2.24, 2.45) is 0 Å². The molecule has 3 aliphatic carbocycles. The molecule has 0 N–H and O–H groups in total. The van der Waals surface area contributed by atoms with Crippen LogP contribution in [0.5, 0.6) is 0 Å². The zero-order chi connectivity index (χ0) is 29.8. The highest BCUT2D eigenvalue weighted by Crippen LogP contribution is 2.58. The maximum absolute atomic E-state index is 10.3. The Kier molecular flexibility index (Phi) is 5.77. The first-order valence-corrected chi connectivity index (χ1v) is 14.6. The van der Waals surface area contributed by atoms with Gasteiger partial charge in [0.1, 0.15) is 0 Å². The first-order valence-electron chi connectivity index (χ1n) is 14.6. The largest absolute Gasteiger partial charge is 0.192 e. The van der Waals surface area contributed by atoms with Gasteiger partial charge in [-0.3, -0.25) is 0 Å². The standard InChI is InChI=1S/C41H23N3/c42-22-28-16-34-37(19-31(28)25-10-4-1-5-11-25)41-38-20-32(26-12-6-2-7-13-26)29(23-43)17-35(38)40(34)36-18-30(24-44)33(21-39(36)41)27-14-8-3-9-15-27/h1-21,40-41H. The molecule has 2 bridgehead atoms. The summed E-state index contributed by atoms with van der Waals surface area (Å²) in [6, 6.07) is 50.3. The van der Waals surface area contributed by atoms with Crippen LogP contribution in [-0.4, -0.2) is 0 Å². The first-order chi connectivity index (χ1) is 21.7. The molecule has 202 valence electrons. The van der Waals surface area contributed by atoms with Gasteiger partial charge in [0.2, 0.25) is 0 Å². The lowest BCUT2D eigenvalue weighted by Gasteiger charge is -2.43. The average Bonchev–Trinajstić information content (AvgIpc) is 3.10. The fraction of sp³-hybridized carbons (Fsp3) is 0.0488. The highest BCUT2D eigenvalue weighted by atomic mass is 14.5. The molecule has 3 nitrogen and oxygen atoms in total. The van der Waals surface area contributed by atoms with Gasteiger partial charge < -0.3 is 0 Å². The monoisotopic (exact) mass is 557 g/mol. The van der Waals surface area contributed by atoms with E-state index in [1.807, 2.05) is 109 Å². The van der Waals surface area contributed by atoms with Crippen molar-refractivity contribution in [3.8, 4) is 51.6 Å². The molecule has 0 fully saturated rings. The Morgan fingerprint density at radius 3 is 0.841 bits per heavy atom. The van der Waals surface area contributed by atoms with Gasteiger partial charge in [0.25, 0.3) is 0 Å². The summed E-state index contributed by atoms with van der Waals surface area (Å²) < 4.78 is 0. The van der Waals surface area contributed by atoms with Gasteiger partial charge in [-0.1, -0.05) is 91.0 Å². The normalized spacial score (nSPS) is 15.2. The van der Waals surface area contributed by atoms with Crippen LogP contribution in [0.4, 0.5) is 0 Å². The lowest BCUT2D eigenvalue weighted by molar-refractivity contribution is 0.754. The molecule has 6 aromatic carbocycles. The van der Waals surface area contributed by atoms with Gasteiger partial charge in [-0.25, -0.2) is 0 Å². The quantitative estimate of drug-likeness (QED) is 0.217. The Labute approximate surface area is 256 Å². The smallest absolute Gasteiger partial charge is 0.0998 e. The third-order valence-corrected chi connectivity index (χ3v) is 9.15. The Morgan fingerprint density at radius 1 is 0.341 bits per heavy atom. The molecular weight excluding hydrogens is 534 g/mol. The fourth-order valence-electron chi connectivity index (χ4n) is 7.25. The van der Waals surface area contributed by atoms with E-state index in [2.05, 4.69) is 36.4 Å². The number of rotatable bonds is 3. The third-order valence-electron chi connectivity index (χ3n) is 9.15. The molecule has 3 heteroatoms. The SMILES string of the molecule is N#Cc1cc2c(cc1-c1ccccc1)C1c3cc(-c4ccccc4)c(C#N)cc3C2c2cc(C#N)c(-c3ccccc3)cc21. The molecule has 0 aliphatic heterocycles. The molecule has 6 aromatic rings. The minimum atomic E-state index is -0.203. The molecule has 0 amide bonds. The van der Waals surface area contributed by atoms with Crippen LogP contribution in [0.3, 0.4) is 0 Å². The van der Waals surface area contributed by atoms with Crippen molar-refractivity contribution in [3.05, 3.63) is 177 Å². The molecule has 9 rings (SSSR count). The van der Waals surface area contributed by atoms with E-state index in [1.165, 1.54) is 16.7 Å². The topological polar surface area (TPSA) is 71.4 Å². The summed E-state index contributed by atoms with van der Waals surface area (Å²) in [5.74, 6) is -0.327. The van der Waals surface area contributed by atoms with Crippen molar-refractivity contribution in [1.29, 1.82) is 15.8 Å². The molecule has 0 atom stereocenters. The van der Waals surface area contributed by atoms with E-state index in [0.29, 0.717) is 16.7 Å². The second kappa shape index (κ2) is 9.96. The van der Waals surface area contributed by atoms with E-state index in [9.17, 15) is 15.8 Å². The van der Waals surface area contributed by atoms with Crippen LogP contribution >= 0.6 is 0 Å². The Morgan fingerprint density at radius 2 is 0.591 bits per heavy atom. The van der Waals surface area contributed by atoms with E-state index in [1.54, 1.807) is 0 Å². The fourth-order valence-corrected chi connectivity index (χ4v) is 7.25. The third kappa shape index (κ3) is 3.73. The van der Waals surface area contributed by atoms with Crippen LogP contribution in [0.2, 0.25) is 0 Å². The van der Waals surface area contributed by atoms with Crippen molar-refractivity contribution in [2.75, 3.05) is 0 Å². The summed E-state index contributed by atoms with van der Waals surface area (Å²) in [5.41, 5.74) is 14.3. The molecule has 0 radical (unpaired) electrons. The maximum Gasteiger partial charge on any atom is 0.0998 e. The molecule has 0 saturated heterocycles. The average molecular weight is 558 g/mol. The second-order valence-electron chi connectivity index (χ2n) is 11.4. The molecule has 0 spiro atoms. The molecule has 0 saturated carbocycles. The highest BCUT2D eigenvalue weighted by Gasteiger charge is 2.43. The molecule has 0 unspecified atom stereocenters. The van der Waals surface area contributed by atoms with Crippen molar-refractivity contribution in [3.63, 3.8) is 0 Å². The van der Waals surface area contributed by atoms with E-state index < -0.39 is 0 Å². The summed E-state index contributed by atoms with van der Waals surface area (Å²) in [6.07, 6.45) is 0. The van der Waals surface area contributed by atoms with Gasteiger partial charge in [0, 0.05) is 11.8 Å². The molecule has 44 heavy (non-hydrogen) atoms. The minimum absolute atomic E-state index is 0.124. The molecule has 0 heterocycles. The van der Waals surface area contributed by atoms with Gasteiger partial charge in [0.15, 0.2) is 0 Å². The Balaban J connectivity index is 1.45. The molecular formula is C41H23N3. The van der Waals surface area contributed by atoms with Gasteiger partial charge in [0.05, 0.1) is 34.9 Å². The summed E-state index contributed by atoms with van der Waals surface area (Å²) in [5, 5.41) is 30.9. The van der Waals surface area contributed by atoms with Gasteiger partial charge in [-0.05, 0) is 103 Å². The maximum atomic E-state index is 10.3. The summed E-state index contributed by atoms with van der Waals surface area (Å²) in [6.45, 7) is 0. The van der Waals surface area contributed by atoms with E-state index in [4.69, 9.17) is 0 Å². The number of nitrogens with zero attached hydrogens (tertiary/aromatic N) is 3. The zero-order valence-electron chi connectivity index (χ0n) is 23.6. The van der Waals surface area contributed by atoms with Crippen LogP contribution in [0.1, 0.15) is 61.9 Å². The summed E-state index contributed by atoms with van der Waals surface area (Å²) >= 11 is 0. The van der Waals surface area contributed by atoms with Crippen LogP contribution in [0, 0.1) is 34.0 Å². The van der Waals surface area contributed by atoms with E-state index in [0.717, 1.165) is 50.1 Å². The first kappa shape index (κ1) is 25.5. The van der Waals surface area contributed by atoms with Gasteiger partial charge in [-0.2, -0.15) is 15.8 Å². The van der Waals surface area contributed by atoms with Crippen molar-refractivity contribution in [2.45, 2.75) is 11.8 Å². The second-order valence-corrected chi connectivity index (χ2v) is 11.4. The predicted octanol–water partition coefficient (Wildman–Crippen LogP) is 9.29. The molecule has 3 aliphatic rings. The lowest BCUT2D eigenvalue weighted by Crippen LogP contribution is -2.28. The number of hydrogen-bond donors (Lipinski definition) is 0. The molecule has 0 aromatic heterocycles. The van der Waals surface area contributed by atoms with Gasteiger partial charge in [-0.15, -0.1) is 0 Å². The number of nitriles is 3. The zero-order valence-corrected chi connectivity index (χ0v) is 23.6. The summed E-state index contributed by atoms with van der Waals surface area (Å²) in [4.78, 5) is 0. The Bertz CT molecular complexity index is 1990. The van der Waals surface area contributed by atoms with E-state index >= 15 is 0 Å². The van der Waals surface area contributed by atoms with Crippen LogP contribution in [0.25, 0.3) is 33.4 Å². The lowest BCUT2D eigenvalue weighted by atomic mass is 9.59. The van der Waals surface area contributed by atoms with Crippen LogP contribution in [0.15, 0.2) is 127 Å². The minimum Gasteiger partial charge on any atom is -0.192 e. The number of hydrogen-bond acceptors (Lipinski definition) is 3. The Hall–Kier alpha value is -6.21. The number of benzene rings is 6.